The van der Waals surface area contributed by atoms with Crippen LogP contribution in [0.2, 0.25) is 0 Å². The van der Waals surface area contributed by atoms with Crippen LogP contribution in [0.15, 0.2) is 43.5 Å². The van der Waals surface area contributed by atoms with Gasteiger partial charge in [-0.3, -0.25) is 9.59 Å². The molecule has 23 heavy (non-hydrogen) atoms. The number of amides is 2. The zero-order chi connectivity index (χ0) is 16.8. The summed E-state index contributed by atoms with van der Waals surface area (Å²) in [5.74, 6) is 0.518. The lowest BCUT2D eigenvalue weighted by Gasteiger charge is -2.30. The first-order chi connectivity index (χ1) is 11.1. The van der Waals surface area contributed by atoms with Crippen LogP contribution in [0.4, 0.5) is 5.69 Å². The topological polar surface area (TPSA) is 49.9 Å². The van der Waals surface area contributed by atoms with Gasteiger partial charge in [0, 0.05) is 26.1 Å². The standard InChI is InChI=1S/C18H22N2O3/c1-4-9-19(10-5-2)17(21)8-11-20-15-12-14(3)6-7-16(15)23-13-18(20)22/h4-7,12H,1-2,8-11,13H2,3H3. The Morgan fingerprint density at radius 2 is 2.04 bits per heavy atom. The number of benzene rings is 1. The monoisotopic (exact) mass is 314 g/mol. The van der Waals surface area contributed by atoms with Crippen molar-refractivity contribution in [3.8, 4) is 5.75 Å². The molecule has 1 heterocycles. The highest BCUT2D eigenvalue weighted by Crippen LogP contribution is 2.32. The van der Waals surface area contributed by atoms with Crippen LogP contribution < -0.4 is 9.64 Å². The van der Waals surface area contributed by atoms with E-state index >= 15 is 0 Å². The quantitative estimate of drug-likeness (QED) is 0.726. The van der Waals surface area contributed by atoms with Crippen molar-refractivity contribution in [3.05, 3.63) is 49.1 Å². The average molecular weight is 314 g/mol. The van der Waals surface area contributed by atoms with Crippen molar-refractivity contribution < 1.29 is 14.3 Å². The van der Waals surface area contributed by atoms with Crippen molar-refractivity contribution >= 4 is 17.5 Å². The van der Waals surface area contributed by atoms with Crippen molar-refractivity contribution in [2.24, 2.45) is 0 Å². The van der Waals surface area contributed by atoms with E-state index in [9.17, 15) is 9.59 Å². The van der Waals surface area contributed by atoms with Gasteiger partial charge in [0.2, 0.25) is 5.91 Å². The van der Waals surface area contributed by atoms with Crippen molar-refractivity contribution in [3.63, 3.8) is 0 Å². The van der Waals surface area contributed by atoms with Gasteiger partial charge in [0.15, 0.2) is 6.61 Å². The summed E-state index contributed by atoms with van der Waals surface area (Å²) in [4.78, 5) is 27.7. The molecule has 5 heteroatoms. The van der Waals surface area contributed by atoms with E-state index in [1.165, 1.54) is 0 Å². The van der Waals surface area contributed by atoms with Gasteiger partial charge in [-0.05, 0) is 24.6 Å². The van der Waals surface area contributed by atoms with Crippen LogP contribution in [-0.4, -0.2) is 43.0 Å². The van der Waals surface area contributed by atoms with Crippen LogP contribution in [0.3, 0.4) is 0 Å². The SMILES string of the molecule is C=CCN(CC=C)C(=O)CCN1C(=O)COc2ccc(C)cc21. The lowest BCUT2D eigenvalue weighted by Crippen LogP contribution is -2.41. The maximum Gasteiger partial charge on any atom is 0.265 e. The maximum absolute atomic E-state index is 12.3. The molecule has 0 radical (unpaired) electrons. The van der Waals surface area contributed by atoms with Crippen LogP contribution in [0.1, 0.15) is 12.0 Å². The van der Waals surface area contributed by atoms with Crippen LogP contribution in [0, 0.1) is 6.92 Å². The molecule has 5 nitrogen and oxygen atoms in total. The number of carbonyl (C=O) groups excluding carboxylic acids is 2. The Bertz CT molecular complexity index is 615. The molecule has 0 saturated carbocycles. The molecule has 1 aromatic rings. The van der Waals surface area contributed by atoms with Gasteiger partial charge in [-0.15, -0.1) is 13.2 Å². The van der Waals surface area contributed by atoms with Gasteiger partial charge in [-0.2, -0.15) is 0 Å². The van der Waals surface area contributed by atoms with Crippen molar-refractivity contribution in [1.82, 2.24) is 4.90 Å². The fourth-order valence-corrected chi connectivity index (χ4v) is 2.51. The van der Waals surface area contributed by atoms with Gasteiger partial charge in [0.1, 0.15) is 5.75 Å². The van der Waals surface area contributed by atoms with Crippen molar-refractivity contribution in [1.29, 1.82) is 0 Å². The van der Waals surface area contributed by atoms with Crippen LogP contribution in [0.5, 0.6) is 5.75 Å². The molecule has 0 aromatic heterocycles. The molecular weight excluding hydrogens is 292 g/mol. The third kappa shape index (κ3) is 4.00. The molecule has 1 aromatic carbocycles. The summed E-state index contributed by atoms with van der Waals surface area (Å²) in [6.45, 7) is 10.6. The Labute approximate surface area is 136 Å². The Morgan fingerprint density at radius 1 is 1.35 bits per heavy atom. The number of aryl methyl sites for hydroxylation is 1. The molecule has 0 spiro atoms. The lowest BCUT2D eigenvalue weighted by molar-refractivity contribution is -0.130. The first-order valence-corrected chi connectivity index (χ1v) is 7.60. The van der Waals surface area contributed by atoms with E-state index in [-0.39, 0.29) is 24.8 Å². The molecule has 0 bridgehead atoms. The first-order valence-electron chi connectivity index (χ1n) is 7.60. The number of rotatable bonds is 7. The molecule has 0 aliphatic carbocycles. The Balaban J connectivity index is 2.09. The molecule has 0 N–H and O–H groups in total. The summed E-state index contributed by atoms with van der Waals surface area (Å²) in [6.07, 6.45) is 3.61. The third-order valence-electron chi connectivity index (χ3n) is 3.66. The zero-order valence-corrected chi connectivity index (χ0v) is 13.5. The Morgan fingerprint density at radius 3 is 2.70 bits per heavy atom. The maximum atomic E-state index is 12.3. The van der Waals surface area contributed by atoms with Gasteiger partial charge in [0.25, 0.3) is 5.91 Å². The summed E-state index contributed by atoms with van der Waals surface area (Å²) >= 11 is 0. The lowest BCUT2D eigenvalue weighted by atomic mass is 10.1. The molecule has 2 rings (SSSR count). The minimum Gasteiger partial charge on any atom is -0.482 e. The summed E-state index contributed by atoms with van der Waals surface area (Å²) in [6, 6.07) is 5.70. The summed E-state index contributed by atoms with van der Waals surface area (Å²) in [5.41, 5.74) is 1.77. The fraction of sp³-hybridized carbons (Fsp3) is 0.333. The van der Waals surface area contributed by atoms with E-state index in [0.29, 0.717) is 25.4 Å². The predicted octanol–water partition coefficient (Wildman–Crippen LogP) is 2.31. The number of carbonyl (C=O) groups is 2. The van der Waals surface area contributed by atoms with E-state index in [1.807, 2.05) is 25.1 Å². The minimum atomic E-state index is -0.130. The molecule has 0 atom stereocenters. The van der Waals surface area contributed by atoms with Gasteiger partial charge < -0.3 is 14.5 Å². The van der Waals surface area contributed by atoms with Crippen molar-refractivity contribution in [2.45, 2.75) is 13.3 Å². The number of anilines is 1. The number of hydrogen-bond acceptors (Lipinski definition) is 3. The highest BCUT2D eigenvalue weighted by molar-refractivity contribution is 5.98. The van der Waals surface area contributed by atoms with Gasteiger partial charge >= 0.3 is 0 Å². The van der Waals surface area contributed by atoms with E-state index in [0.717, 1.165) is 11.3 Å². The summed E-state index contributed by atoms with van der Waals surface area (Å²) in [7, 11) is 0. The predicted molar refractivity (Wildman–Crippen MR) is 90.6 cm³/mol. The number of nitrogens with zero attached hydrogens (tertiary/aromatic N) is 2. The third-order valence-corrected chi connectivity index (χ3v) is 3.66. The minimum absolute atomic E-state index is 0.00722. The smallest absolute Gasteiger partial charge is 0.265 e. The van der Waals surface area contributed by atoms with Gasteiger partial charge in [-0.25, -0.2) is 0 Å². The summed E-state index contributed by atoms with van der Waals surface area (Å²) in [5, 5.41) is 0. The van der Waals surface area contributed by atoms with Gasteiger partial charge in [0.05, 0.1) is 5.69 Å². The second-order valence-corrected chi connectivity index (χ2v) is 5.43. The molecule has 1 aliphatic rings. The van der Waals surface area contributed by atoms with Crippen LogP contribution in [-0.2, 0) is 9.59 Å². The first kappa shape index (κ1) is 16.8. The molecule has 0 unspecified atom stereocenters. The molecule has 122 valence electrons. The highest BCUT2D eigenvalue weighted by atomic mass is 16.5. The Hall–Kier alpha value is -2.56. The molecular formula is C18H22N2O3. The molecule has 0 saturated heterocycles. The molecule has 1 aliphatic heterocycles. The second kappa shape index (κ2) is 7.63. The van der Waals surface area contributed by atoms with E-state index in [2.05, 4.69) is 13.2 Å². The Kier molecular flexibility index (Phi) is 5.57. The summed E-state index contributed by atoms with van der Waals surface area (Å²) < 4.78 is 5.44. The number of hydrogen-bond donors (Lipinski definition) is 0. The number of ether oxygens (including phenoxy) is 1. The van der Waals surface area contributed by atoms with Gasteiger partial charge in [-0.1, -0.05) is 18.2 Å². The second-order valence-electron chi connectivity index (χ2n) is 5.43. The van der Waals surface area contributed by atoms with Crippen molar-refractivity contribution in [2.75, 3.05) is 31.1 Å². The largest absolute Gasteiger partial charge is 0.482 e. The van der Waals surface area contributed by atoms with E-state index < -0.39 is 0 Å². The molecule has 0 fully saturated rings. The zero-order valence-electron chi connectivity index (χ0n) is 13.5. The highest BCUT2D eigenvalue weighted by Gasteiger charge is 2.26. The number of fused-ring (bicyclic) bond motifs is 1. The normalized spacial score (nSPS) is 13.1. The van der Waals surface area contributed by atoms with E-state index in [1.54, 1.807) is 22.0 Å². The van der Waals surface area contributed by atoms with Crippen LogP contribution in [0.25, 0.3) is 0 Å². The van der Waals surface area contributed by atoms with E-state index in [4.69, 9.17) is 4.74 Å². The molecule has 2 amide bonds. The van der Waals surface area contributed by atoms with Crippen LogP contribution >= 0.6 is 0 Å². The fourth-order valence-electron chi connectivity index (χ4n) is 2.51. The average Bonchev–Trinajstić information content (AvgIpc) is 2.53.